The van der Waals surface area contributed by atoms with Gasteiger partial charge < -0.3 is 9.47 Å². The molecule has 0 aliphatic carbocycles. The lowest BCUT2D eigenvalue weighted by atomic mass is 10.1. The number of hydrogen-bond donors (Lipinski definition) is 0. The fourth-order valence-electron chi connectivity index (χ4n) is 1.59. The molecule has 5 nitrogen and oxygen atoms in total. The monoisotopic (exact) mass is 229 g/mol. The molecule has 1 fully saturated rings. The van der Waals surface area contributed by atoms with Crippen molar-refractivity contribution in [2.24, 2.45) is 0 Å². The van der Waals surface area contributed by atoms with Crippen LogP contribution in [0.3, 0.4) is 0 Å². The number of cyclic esters (lactones) is 1. The summed E-state index contributed by atoms with van der Waals surface area (Å²) in [5, 5.41) is 0. The zero-order chi connectivity index (χ0) is 12.7. The predicted octanol–water partition coefficient (Wildman–Crippen LogP) is 1.90. The Morgan fingerprint density at radius 1 is 1.44 bits per heavy atom. The summed E-state index contributed by atoms with van der Waals surface area (Å²) in [7, 11) is 0. The van der Waals surface area contributed by atoms with E-state index in [0.29, 0.717) is 0 Å². The zero-order valence-electron chi connectivity index (χ0n) is 10.7. The molecule has 0 spiro atoms. The highest BCUT2D eigenvalue weighted by molar-refractivity contribution is 5.87. The Morgan fingerprint density at radius 3 is 2.25 bits per heavy atom. The van der Waals surface area contributed by atoms with E-state index in [1.54, 1.807) is 41.5 Å². The summed E-state index contributed by atoms with van der Waals surface area (Å²) >= 11 is 0. The smallest absolute Gasteiger partial charge is 0.414 e. The van der Waals surface area contributed by atoms with Crippen LogP contribution in [0.15, 0.2) is 0 Å². The Morgan fingerprint density at radius 2 is 1.94 bits per heavy atom. The first-order valence-corrected chi connectivity index (χ1v) is 5.29. The number of carbonyl (C=O) groups is 2. The summed E-state index contributed by atoms with van der Waals surface area (Å²) in [6.07, 6.45) is -1.12. The molecule has 1 saturated heterocycles. The summed E-state index contributed by atoms with van der Waals surface area (Å²) in [5.41, 5.74) is -1.56. The molecule has 92 valence electrons. The van der Waals surface area contributed by atoms with Crippen molar-refractivity contribution in [3.8, 4) is 0 Å². The first kappa shape index (κ1) is 12.8. The zero-order valence-corrected chi connectivity index (χ0v) is 10.7. The van der Waals surface area contributed by atoms with Crippen LogP contribution in [0.25, 0.3) is 0 Å². The highest BCUT2D eigenvalue weighted by Crippen LogP contribution is 2.29. The first-order valence-electron chi connectivity index (χ1n) is 5.29. The lowest BCUT2D eigenvalue weighted by Crippen LogP contribution is -2.50. The van der Waals surface area contributed by atoms with Crippen LogP contribution in [-0.4, -0.2) is 34.3 Å². The molecule has 0 aromatic rings. The van der Waals surface area contributed by atoms with Gasteiger partial charge in [-0.05, 0) is 41.5 Å². The Balaban J connectivity index is 2.87. The maximum atomic E-state index is 11.9. The maximum Gasteiger partial charge on any atom is 0.414 e. The molecule has 0 N–H and O–H groups in total. The van der Waals surface area contributed by atoms with Gasteiger partial charge in [0.1, 0.15) is 11.1 Å². The highest BCUT2D eigenvalue weighted by Gasteiger charge is 2.51. The molecule has 0 bridgehead atoms. The number of hydrogen-bond acceptors (Lipinski definition) is 4. The van der Waals surface area contributed by atoms with Crippen molar-refractivity contribution in [2.75, 3.05) is 0 Å². The summed E-state index contributed by atoms with van der Waals surface area (Å²) < 4.78 is 10.2. The van der Waals surface area contributed by atoms with Crippen LogP contribution in [0.1, 0.15) is 41.5 Å². The van der Waals surface area contributed by atoms with Crippen LogP contribution in [0.4, 0.5) is 4.79 Å². The minimum atomic E-state index is -0.970. The standard InChI is InChI=1S/C11H19NO4/c1-7-12(9(14)16-10(2,3)4)11(5,6)8(13)15-7/h7H,1-6H3. The van der Waals surface area contributed by atoms with Gasteiger partial charge in [0.2, 0.25) is 0 Å². The molecule has 0 saturated carbocycles. The van der Waals surface area contributed by atoms with E-state index in [2.05, 4.69) is 0 Å². The molecular weight excluding hydrogens is 210 g/mol. The Hall–Kier alpha value is -1.26. The van der Waals surface area contributed by atoms with Gasteiger partial charge >= 0.3 is 12.1 Å². The quantitative estimate of drug-likeness (QED) is 0.595. The van der Waals surface area contributed by atoms with Gasteiger partial charge in [-0.15, -0.1) is 0 Å². The van der Waals surface area contributed by atoms with Gasteiger partial charge in [-0.25, -0.2) is 9.59 Å². The van der Waals surface area contributed by atoms with E-state index in [-0.39, 0.29) is 0 Å². The van der Waals surface area contributed by atoms with E-state index in [1.807, 2.05) is 0 Å². The van der Waals surface area contributed by atoms with Crippen LogP contribution in [-0.2, 0) is 14.3 Å². The molecule has 1 aliphatic rings. The van der Waals surface area contributed by atoms with Gasteiger partial charge in [-0.1, -0.05) is 0 Å². The average molecular weight is 229 g/mol. The number of ether oxygens (including phenoxy) is 2. The number of nitrogens with zero attached hydrogens (tertiary/aromatic N) is 1. The summed E-state index contributed by atoms with van der Waals surface area (Å²) in [4.78, 5) is 24.7. The summed E-state index contributed by atoms with van der Waals surface area (Å²) in [6.45, 7) is 10.3. The van der Waals surface area contributed by atoms with E-state index in [1.165, 1.54) is 4.90 Å². The van der Waals surface area contributed by atoms with Crippen LogP contribution < -0.4 is 0 Å². The third kappa shape index (κ3) is 2.28. The molecule has 1 rings (SSSR count). The van der Waals surface area contributed by atoms with Crippen LogP contribution in [0, 0.1) is 0 Å². The van der Waals surface area contributed by atoms with Gasteiger partial charge in [0.25, 0.3) is 0 Å². The lowest BCUT2D eigenvalue weighted by molar-refractivity contribution is -0.144. The van der Waals surface area contributed by atoms with E-state index in [9.17, 15) is 9.59 Å². The molecule has 1 unspecified atom stereocenters. The van der Waals surface area contributed by atoms with Crippen molar-refractivity contribution in [3.05, 3.63) is 0 Å². The van der Waals surface area contributed by atoms with Crippen molar-refractivity contribution in [1.29, 1.82) is 0 Å². The van der Waals surface area contributed by atoms with Crippen LogP contribution in [0.5, 0.6) is 0 Å². The number of esters is 1. The lowest BCUT2D eigenvalue weighted by Gasteiger charge is -2.31. The number of carbonyl (C=O) groups excluding carboxylic acids is 2. The van der Waals surface area contributed by atoms with E-state index in [0.717, 1.165) is 0 Å². The van der Waals surface area contributed by atoms with Crippen molar-refractivity contribution >= 4 is 12.1 Å². The summed E-state index contributed by atoms with van der Waals surface area (Å²) in [6, 6.07) is 0. The van der Waals surface area contributed by atoms with Gasteiger partial charge in [-0.3, -0.25) is 4.90 Å². The molecule has 1 atom stereocenters. The second-order valence-corrected chi connectivity index (χ2v) is 5.41. The van der Waals surface area contributed by atoms with Crippen molar-refractivity contribution in [1.82, 2.24) is 4.90 Å². The second-order valence-electron chi connectivity index (χ2n) is 5.41. The topological polar surface area (TPSA) is 55.8 Å². The Kier molecular flexibility index (Phi) is 2.92. The molecule has 0 aromatic heterocycles. The Labute approximate surface area is 95.7 Å². The summed E-state index contributed by atoms with van der Waals surface area (Å²) in [5.74, 6) is -0.411. The predicted molar refractivity (Wildman–Crippen MR) is 57.7 cm³/mol. The molecule has 1 heterocycles. The van der Waals surface area contributed by atoms with Gasteiger partial charge in [0, 0.05) is 0 Å². The molecule has 5 heteroatoms. The fraction of sp³-hybridized carbons (Fsp3) is 0.818. The van der Waals surface area contributed by atoms with Crippen LogP contribution >= 0.6 is 0 Å². The molecule has 16 heavy (non-hydrogen) atoms. The van der Waals surface area contributed by atoms with Gasteiger partial charge in [0.05, 0.1) is 0 Å². The number of amides is 1. The normalized spacial score (nSPS) is 24.2. The first-order chi connectivity index (χ1) is 7.05. The highest BCUT2D eigenvalue weighted by atomic mass is 16.6. The van der Waals surface area contributed by atoms with Crippen molar-refractivity contribution in [2.45, 2.75) is 58.9 Å². The van der Waals surface area contributed by atoms with Gasteiger partial charge in [-0.2, -0.15) is 0 Å². The SMILES string of the molecule is CC1OC(=O)C(C)(C)N1C(=O)OC(C)(C)C. The second kappa shape index (κ2) is 3.64. The van der Waals surface area contributed by atoms with Crippen molar-refractivity contribution in [3.63, 3.8) is 0 Å². The van der Waals surface area contributed by atoms with E-state index in [4.69, 9.17) is 9.47 Å². The van der Waals surface area contributed by atoms with E-state index < -0.39 is 29.4 Å². The molecular formula is C11H19NO4. The average Bonchev–Trinajstić information content (AvgIpc) is 2.17. The third-order valence-corrected chi connectivity index (χ3v) is 2.33. The Bertz CT molecular complexity index is 316. The molecule has 1 amide bonds. The third-order valence-electron chi connectivity index (χ3n) is 2.33. The molecule has 1 aliphatic heterocycles. The van der Waals surface area contributed by atoms with E-state index >= 15 is 0 Å². The molecule has 0 radical (unpaired) electrons. The molecule has 0 aromatic carbocycles. The largest absolute Gasteiger partial charge is 0.444 e. The minimum Gasteiger partial charge on any atom is -0.444 e. The number of rotatable bonds is 0. The minimum absolute atomic E-state index is 0.411. The van der Waals surface area contributed by atoms with Crippen LogP contribution in [0.2, 0.25) is 0 Å². The maximum absolute atomic E-state index is 11.9. The van der Waals surface area contributed by atoms with Crippen molar-refractivity contribution < 1.29 is 19.1 Å². The van der Waals surface area contributed by atoms with Gasteiger partial charge in [0.15, 0.2) is 6.23 Å². The fourth-order valence-corrected chi connectivity index (χ4v) is 1.59.